The van der Waals surface area contributed by atoms with Gasteiger partial charge in [-0.2, -0.15) is 13.2 Å². The van der Waals surface area contributed by atoms with Crippen LogP contribution in [-0.2, 0) is 11.3 Å². The number of halogens is 4. The number of carboxylic acids is 1. The number of carbonyl (C=O) groups is 1. The zero-order valence-corrected chi connectivity index (χ0v) is 12.4. The van der Waals surface area contributed by atoms with E-state index in [4.69, 9.17) is 5.11 Å². The summed E-state index contributed by atoms with van der Waals surface area (Å²) in [7, 11) is 0. The molecule has 0 unspecified atom stereocenters. The van der Waals surface area contributed by atoms with Crippen molar-refractivity contribution in [3.05, 3.63) is 28.2 Å². The second-order valence-electron chi connectivity index (χ2n) is 5.06. The number of aliphatic carboxylic acids is 1. The molecular weight excluding hydrogens is 355 g/mol. The minimum absolute atomic E-state index is 0.00885. The Morgan fingerprint density at radius 3 is 2.57 bits per heavy atom. The Bertz CT molecular complexity index is 550. The number of alkyl halides is 3. The fourth-order valence-electron chi connectivity index (χ4n) is 2.52. The second kappa shape index (κ2) is 5.84. The summed E-state index contributed by atoms with van der Waals surface area (Å²) in [4.78, 5) is 12.4. The molecule has 2 N–H and O–H groups in total. The molecule has 21 heavy (non-hydrogen) atoms. The molecule has 0 bridgehead atoms. The van der Waals surface area contributed by atoms with E-state index >= 15 is 0 Å². The number of likely N-dealkylation sites (tertiary alicyclic amines) is 1. The number of hydrogen-bond donors (Lipinski definition) is 2. The van der Waals surface area contributed by atoms with Gasteiger partial charge in [-0.05, 0) is 23.8 Å². The molecule has 1 aliphatic rings. The van der Waals surface area contributed by atoms with Crippen LogP contribution in [0.4, 0.5) is 13.2 Å². The molecule has 116 valence electrons. The van der Waals surface area contributed by atoms with Crippen LogP contribution < -0.4 is 0 Å². The molecule has 8 heteroatoms. The van der Waals surface area contributed by atoms with Crippen molar-refractivity contribution in [2.24, 2.45) is 11.8 Å². The topological polar surface area (TPSA) is 60.8 Å². The fourth-order valence-corrected chi connectivity index (χ4v) is 2.89. The van der Waals surface area contributed by atoms with Crippen LogP contribution in [0.1, 0.15) is 5.56 Å². The van der Waals surface area contributed by atoms with Crippen LogP contribution in [0.3, 0.4) is 0 Å². The number of benzene rings is 1. The highest BCUT2D eigenvalue weighted by Crippen LogP contribution is 2.38. The van der Waals surface area contributed by atoms with Gasteiger partial charge in [-0.1, -0.05) is 15.9 Å². The Morgan fingerprint density at radius 2 is 2.05 bits per heavy atom. The average Bonchev–Trinajstić information content (AvgIpc) is 2.78. The average molecular weight is 368 g/mol. The first-order valence-corrected chi connectivity index (χ1v) is 6.97. The van der Waals surface area contributed by atoms with E-state index in [2.05, 4.69) is 15.9 Å². The third kappa shape index (κ3) is 3.68. The molecule has 1 aromatic rings. The summed E-state index contributed by atoms with van der Waals surface area (Å²) in [6, 6.07) is 4.49. The van der Waals surface area contributed by atoms with Gasteiger partial charge in [0.2, 0.25) is 0 Å². The number of hydrogen-bond acceptors (Lipinski definition) is 3. The predicted octanol–water partition coefficient (Wildman–Crippen LogP) is 2.85. The number of phenolic OH excluding ortho intramolecular Hbond substituents is 1. The first-order valence-electron chi connectivity index (χ1n) is 6.17. The van der Waals surface area contributed by atoms with E-state index in [0.29, 0.717) is 10.0 Å². The molecule has 0 radical (unpaired) electrons. The number of aromatic hydroxyl groups is 1. The van der Waals surface area contributed by atoms with E-state index in [1.54, 1.807) is 6.07 Å². The Balaban J connectivity index is 2.16. The van der Waals surface area contributed by atoms with Crippen LogP contribution in [0.5, 0.6) is 5.75 Å². The van der Waals surface area contributed by atoms with Gasteiger partial charge in [-0.25, -0.2) is 0 Å². The summed E-state index contributed by atoms with van der Waals surface area (Å²) in [5.74, 6) is -4.75. The van der Waals surface area contributed by atoms with E-state index in [1.165, 1.54) is 17.0 Å². The lowest BCUT2D eigenvalue weighted by Crippen LogP contribution is -2.33. The number of phenols is 1. The lowest BCUT2D eigenvalue weighted by molar-refractivity contribution is -0.188. The van der Waals surface area contributed by atoms with Gasteiger partial charge in [-0.3, -0.25) is 9.69 Å². The van der Waals surface area contributed by atoms with Crippen LogP contribution >= 0.6 is 15.9 Å². The van der Waals surface area contributed by atoms with E-state index in [-0.39, 0.29) is 25.4 Å². The quantitative estimate of drug-likeness (QED) is 0.862. The molecule has 2 rings (SSSR count). The van der Waals surface area contributed by atoms with Crippen molar-refractivity contribution in [3.63, 3.8) is 0 Å². The number of rotatable bonds is 3. The van der Waals surface area contributed by atoms with Crippen molar-refractivity contribution >= 4 is 21.9 Å². The van der Waals surface area contributed by atoms with Crippen LogP contribution in [0.2, 0.25) is 0 Å². The fraction of sp³-hybridized carbons (Fsp3) is 0.462. The van der Waals surface area contributed by atoms with Crippen LogP contribution in [0.25, 0.3) is 0 Å². The maximum atomic E-state index is 12.9. The third-order valence-electron chi connectivity index (χ3n) is 3.56. The van der Waals surface area contributed by atoms with E-state index in [9.17, 15) is 23.1 Å². The molecule has 0 saturated carbocycles. The zero-order chi connectivity index (χ0) is 15.8. The van der Waals surface area contributed by atoms with Crippen molar-refractivity contribution in [2.45, 2.75) is 12.7 Å². The maximum Gasteiger partial charge on any atom is 0.393 e. The van der Waals surface area contributed by atoms with Crippen molar-refractivity contribution in [1.82, 2.24) is 4.90 Å². The van der Waals surface area contributed by atoms with Crippen molar-refractivity contribution < 1.29 is 28.2 Å². The van der Waals surface area contributed by atoms with Crippen LogP contribution in [0.15, 0.2) is 22.7 Å². The Hall–Kier alpha value is -1.28. The normalized spacial score (nSPS) is 23.4. The highest BCUT2D eigenvalue weighted by Gasteiger charge is 2.52. The smallest absolute Gasteiger partial charge is 0.393 e. The molecule has 1 aliphatic heterocycles. The molecule has 1 saturated heterocycles. The minimum atomic E-state index is -4.53. The molecule has 0 aliphatic carbocycles. The largest absolute Gasteiger partial charge is 0.508 e. The number of carboxylic acid groups (broad SMARTS) is 1. The molecule has 1 heterocycles. The van der Waals surface area contributed by atoms with Gasteiger partial charge in [0, 0.05) is 24.1 Å². The predicted molar refractivity (Wildman–Crippen MR) is 71.8 cm³/mol. The van der Waals surface area contributed by atoms with Gasteiger partial charge in [0.15, 0.2) is 0 Å². The van der Waals surface area contributed by atoms with Crippen molar-refractivity contribution in [2.75, 3.05) is 13.1 Å². The van der Waals surface area contributed by atoms with Gasteiger partial charge >= 0.3 is 12.1 Å². The summed E-state index contributed by atoms with van der Waals surface area (Å²) < 4.78 is 39.3. The Kier molecular flexibility index (Phi) is 4.48. The summed E-state index contributed by atoms with van der Waals surface area (Å²) in [6.45, 7) is -0.379. The number of nitrogens with zero attached hydrogens (tertiary/aromatic N) is 1. The molecule has 0 spiro atoms. The van der Waals surface area contributed by atoms with Crippen LogP contribution in [-0.4, -0.2) is 40.3 Å². The van der Waals surface area contributed by atoms with Crippen LogP contribution in [0, 0.1) is 11.8 Å². The summed E-state index contributed by atoms with van der Waals surface area (Å²) in [5, 5.41) is 18.4. The van der Waals surface area contributed by atoms with Gasteiger partial charge < -0.3 is 10.2 Å². The zero-order valence-electron chi connectivity index (χ0n) is 10.8. The molecule has 0 aromatic heterocycles. The molecule has 2 atom stereocenters. The highest BCUT2D eigenvalue weighted by atomic mass is 79.9. The molecule has 1 aromatic carbocycles. The standard InChI is InChI=1S/C13H13BrF3NO3/c14-11-2-1-8(19)3-7(11)4-18-5-9(12(20)21)10(6-18)13(15,16)17/h1-3,9-10,19H,4-6H2,(H,20,21)/t9-,10-/m1/s1. The molecular formula is C13H13BrF3NO3. The molecule has 0 amide bonds. The van der Waals surface area contributed by atoms with E-state index < -0.39 is 24.0 Å². The Morgan fingerprint density at radius 1 is 1.38 bits per heavy atom. The summed E-state index contributed by atoms with van der Waals surface area (Å²) in [6.07, 6.45) is -4.53. The van der Waals surface area contributed by atoms with Crippen molar-refractivity contribution in [3.8, 4) is 5.75 Å². The lowest BCUT2D eigenvalue weighted by atomic mass is 9.96. The van der Waals surface area contributed by atoms with E-state index in [0.717, 1.165) is 0 Å². The van der Waals surface area contributed by atoms with Crippen molar-refractivity contribution in [1.29, 1.82) is 0 Å². The third-order valence-corrected chi connectivity index (χ3v) is 4.33. The Labute approximate surface area is 127 Å². The SMILES string of the molecule is O=C(O)[C@@H]1CN(Cc2cc(O)ccc2Br)C[C@H]1C(F)(F)F. The second-order valence-corrected chi connectivity index (χ2v) is 5.92. The summed E-state index contributed by atoms with van der Waals surface area (Å²) in [5.41, 5.74) is 0.613. The maximum absolute atomic E-state index is 12.9. The molecule has 1 fully saturated rings. The van der Waals surface area contributed by atoms with Gasteiger partial charge in [0.1, 0.15) is 5.75 Å². The minimum Gasteiger partial charge on any atom is -0.508 e. The lowest BCUT2D eigenvalue weighted by Gasteiger charge is -2.18. The molecule has 4 nitrogen and oxygen atoms in total. The summed E-state index contributed by atoms with van der Waals surface area (Å²) >= 11 is 3.26. The highest BCUT2D eigenvalue weighted by molar-refractivity contribution is 9.10. The van der Waals surface area contributed by atoms with E-state index in [1.807, 2.05) is 0 Å². The van der Waals surface area contributed by atoms with Gasteiger partial charge in [0.05, 0.1) is 11.8 Å². The first-order chi connectivity index (χ1) is 9.68. The van der Waals surface area contributed by atoms with Gasteiger partial charge in [0.25, 0.3) is 0 Å². The van der Waals surface area contributed by atoms with Gasteiger partial charge in [-0.15, -0.1) is 0 Å². The first kappa shape index (κ1) is 16.1. The monoisotopic (exact) mass is 367 g/mol.